The molecule has 0 unspecified atom stereocenters. The lowest BCUT2D eigenvalue weighted by Crippen LogP contribution is -2.15. The Hall–Kier alpha value is -2.42. The van der Waals surface area contributed by atoms with Gasteiger partial charge in [0, 0.05) is 23.4 Å². The zero-order chi connectivity index (χ0) is 15.8. The lowest BCUT2D eigenvalue weighted by atomic mass is 10.2. The van der Waals surface area contributed by atoms with Crippen LogP contribution in [0.2, 0.25) is 0 Å². The molecule has 0 fully saturated rings. The van der Waals surface area contributed by atoms with Crippen molar-refractivity contribution >= 4 is 21.5 Å². The van der Waals surface area contributed by atoms with Gasteiger partial charge in [0.1, 0.15) is 0 Å². The number of rotatable bonds is 4. The molecular weight excluding hydrogens is 296 g/mol. The molecule has 2 aromatic rings. The molecule has 1 aromatic carbocycles. The molecular formula is C12H14N4O4S. The van der Waals surface area contributed by atoms with Crippen LogP contribution in [0, 0.1) is 30.9 Å². The molecule has 0 aliphatic heterocycles. The van der Waals surface area contributed by atoms with Crippen LogP contribution in [0.25, 0.3) is 0 Å². The van der Waals surface area contributed by atoms with Gasteiger partial charge in [-0.1, -0.05) is 6.07 Å². The minimum Gasteiger partial charge on any atom is -0.280 e. The fraction of sp³-hybridized carbons (Fsp3) is 0.250. The molecule has 9 heteroatoms. The van der Waals surface area contributed by atoms with E-state index >= 15 is 0 Å². The second kappa shape index (κ2) is 5.17. The smallest absolute Gasteiger partial charge is 0.270 e. The second-order valence-electron chi connectivity index (χ2n) is 4.63. The summed E-state index contributed by atoms with van der Waals surface area (Å²) in [6, 6.07) is 3.69. The quantitative estimate of drug-likeness (QED) is 0.661. The van der Waals surface area contributed by atoms with E-state index in [9.17, 15) is 18.5 Å². The highest BCUT2D eigenvalue weighted by Gasteiger charge is 2.22. The van der Waals surface area contributed by atoms with Crippen molar-refractivity contribution in [3.05, 3.63) is 45.1 Å². The second-order valence-corrected chi connectivity index (χ2v) is 6.29. The van der Waals surface area contributed by atoms with Crippen molar-refractivity contribution in [1.29, 1.82) is 0 Å². The first-order valence-electron chi connectivity index (χ1n) is 6.02. The summed E-state index contributed by atoms with van der Waals surface area (Å²) >= 11 is 0. The number of aromatic amines is 1. The zero-order valence-electron chi connectivity index (χ0n) is 11.7. The van der Waals surface area contributed by atoms with E-state index in [2.05, 4.69) is 14.9 Å². The molecule has 0 saturated heterocycles. The van der Waals surface area contributed by atoms with E-state index in [1.54, 1.807) is 20.8 Å². The molecule has 0 amide bonds. The van der Waals surface area contributed by atoms with Gasteiger partial charge in [0.2, 0.25) is 0 Å². The van der Waals surface area contributed by atoms with Gasteiger partial charge in [-0.2, -0.15) is 5.10 Å². The van der Waals surface area contributed by atoms with Gasteiger partial charge < -0.3 is 0 Å². The van der Waals surface area contributed by atoms with E-state index in [4.69, 9.17) is 0 Å². The number of anilines is 1. The molecule has 0 bridgehead atoms. The van der Waals surface area contributed by atoms with Crippen LogP contribution in [0.5, 0.6) is 0 Å². The first-order valence-corrected chi connectivity index (χ1v) is 7.50. The van der Waals surface area contributed by atoms with Crippen LogP contribution in [-0.4, -0.2) is 23.5 Å². The van der Waals surface area contributed by atoms with Crippen LogP contribution in [0.15, 0.2) is 23.1 Å². The van der Waals surface area contributed by atoms with Gasteiger partial charge in [-0.25, -0.2) is 8.42 Å². The molecule has 112 valence electrons. The molecule has 0 aliphatic rings. The lowest BCUT2D eigenvalue weighted by molar-refractivity contribution is -0.385. The largest absolute Gasteiger partial charge is 0.280 e. The summed E-state index contributed by atoms with van der Waals surface area (Å²) in [5, 5.41) is 17.3. The Morgan fingerprint density at radius 3 is 2.48 bits per heavy atom. The summed E-state index contributed by atoms with van der Waals surface area (Å²) in [5.74, 6) is 0.179. The number of nitrogens with zero attached hydrogens (tertiary/aromatic N) is 2. The molecule has 1 heterocycles. The van der Waals surface area contributed by atoms with Gasteiger partial charge >= 0.3 is 0 Å². The van der Waals surface area contributed by atoms with Crippen LogP contribution in [-0.2, 0) is 10.0 Å². The van der Waals surface area contributed by atoms with Gasteiger partial charge in [-0.15, -0.1) is 0 Å². The van der Waals surface area contributed by atoms with Gasteiger partial charge in [0.15, 0.2) is 5.82 Å². The van der Waals surface area contributed by atoms with Crippen molar-refractivity contribution in [3.63, 3.8) is 0 Å². The first kappa shape index (κ1) is 15.0. The lowest BCUT2D eigenvalue weighted by Gasteiger charge is -2.09. The van der Waals surface area contributed by atoms with E-state index in [1.165, 1.54) is 12.1 Å². The Balaban J connectivity index is 2.47. The summed E-state index contributed by atoms with van der Waals surface area (Å²) < 4.78 is 27.1. The number of nitro groups is 1. The number of hydrogen-bond donors (Lipinski definition) is 2. The Morgan fingerprint density at radius 2 is 1.95 bits per heavy atom. The summed E-state index contributed by atoms with van der Waals surface area (Å²) in [7, 11) is -3.95. The Morgan fingerprint density at radius 1 is 1.29 bits per heavy atom. The van der Waals surface area contributed by atoms with E-state index < -0.39 is 14.9 Å². The molecule has 8 nitrogen and oxygen atoms in total. The molecule has 1 aromatic heterocycles. The highest BCUT2D eigenvalue weighted by Crippen LogP contribution is 2.24. The Kier molecular flexibility index (Phi) is 3.69. The number of non-ortho nitro benzene ring substituents is 1. The average Bonchev–Trinajstić information content (AvgIpc) is 2.70. The fourth-order valence-electron chi connectivity index (χ4n) is 1.76. The molecule has 2 N–H and O–H groups in total. The molecule has 21 heavy (non-hydrogen) atoms. The summed E-state index contributed by atoms with van der Waals surface area (Å²) in [5.41, 5.74) is 1.54. The molecule has 2 rings (SSSR count). The van der Waals surface area contributed by atoms with Crippen molar-refractivity contribution < 1.29 is 13.3 Å². The number of hydrogen-bond acceptors (Lipinski definition) is 5. The molecule has 0 atom stereocenters. The highest BCUT2D eigenvalue weighted by molar-refractivity contribution is 7.92. The maximum Gasteiger partial charge on any atom is 0.270 e. The van der Waals surface area contributed by atoms with E-state index in [1.807, 2.05) is 0 Å². The van der Waals surface area contributed by atoms with Crippen molar-refractivity contribution in [1.82, 2.24) is 10.2 Å². The first-order chi connectivity index (χ1) is 9.72. The molecule has 0 saturated carbocycles. The maximum atomic E-state index is 12.4. The van der Waals surface area contributed by atoms with E-state index in [0.717, 1.165) is 11.8 Å². The number of nitro benzene ring substituents is 1. The summed E-state index contributed by atoms with van der Waals surface area (Å²) in [6.45, 7) is 5.05. The topological polar surface area (TPSA) is 118 Å². The third-order valence-corrected chi connectivity index (χ3v) is 4.64. The van der Waals surface area contributed by atoms with Crippen LogP contribution >= 0.6 is 0 Å². The predicted octanol–water partition coefficient (Wildman–Crippen LogP) is 2.04. The number of H-pyrrole nitrogens is 1. The van der Waals surface area contributed by atoms with E-state index in [-0.39, 0.29) is 16.4 Å². The minimum absolute atomic E-state index is 0.142. The van der Waals surface area contributed by atoms with Crippen molar-refractivity contribution in [2.75, 3.05) is 4.72 Å². The summed E-state index contributed by atoms with van der Waals surface area (Å²) in [4.78, 5) is 10.0. The SMILES string of the molecule is Cc1ccc([N+](=O)[O-])cc1S(=O)(=O)Nc1n[nH]c(C)c1C. The van der Waals surface area contributed by atoms with Gasteiger partial charge in [-0.05, 0) is 26.3 Å². The van der Waals surface area contributed by atoms with E-state index in [0.29, 0.717) is 11.1 Å². The maximum absolute atomic E-state index is 12.4. The normalized spacial score (nSPS) is 11.4. The van der Waals surface area contributed by atoms with Gasteiger partial charge in [-0.3, -0.25) is 19.9 Å². The van der Waals surface area contributed by atoms with Crippen LogP contribution < -0.4 is 4.72 Å². The van der Waals surface area contributed by atoms with Crippen molar-refractivity contribution in [2.45, 2.75) is 25.7 Å². The molecule has 0 radical (unpaired) electrons. The average molecular weight is 310 g/mol. The number of sulfonamides is 1. The summed E-state index contributed by atoms with van der Waals surface area (Å²) in [6.07, 6.45) is 0. The fourth-order valence-corrected chi connectivity index (χ4v) is 3.09. The predicted molar refractivity (Wildman–Crippen MR) is 76.7 cm³/mol. The standard InChI is InChI=1S/C12H14N4O4S/c1-7-4-5-10(16(17)18)6-11(7)21(19,20)15-12-8(2)9(3)13-14-12/h4-6H,1-3H3,(H2,13,14,15). The highest BCUT2D eigenvalue weighted by atomic mass is 32.2. The minimum atomic E-state index is -3.95. The Bertz CT molecular complexity index is 811. The Labute approximate surface area is 121 Å². The van der Waals surface area contributed by atoms with Gasteiger partial charge in [0.25, 0.3) is 15.7 Å². The molecule has 0 spiro atoms. The zero-order valence-corrected chi connectivity index (χ0v) is 12.5. The van der Waals surface area contributed by atoms with Crippen molar-refractivity contribution in [2.24, 2.45) is 0 Å². The van der Waals surface area contributed by atoms with Crippen LogP contribution in [0.4, 0.5) is 11.5 Å². The third kappa shape index (κ3) is 2.87. The number of aromatic nitrogens is 2. The number of aryl methyl sites for hydroxylation is 2. The van der Waals surface area contributed by atoms with Crippen molar-refractivity contribution in [3.8, 4) is 0 Å². The number of benzene rings is 1. The third-order valence-electron chi connectivity index (χ3n) is 3.16. The molecule has 0 aliphatic carbocycles. The monoisotopic (exact) mass is 310 g/mol. The number of nitrogens with one attached hydrogen (secondary N) is 2. The van der Waals surface area contributed by atoms with Crippen LogP contribution in [0.3, 0.4) is 0 Å². The van der Waals surface area contributed by atoms with Crippen LogP contribution in [0.1, 0.15) is 16.8 Å². The van der Waals surface area contributed by atoms with Gasteiger partial charge in [0.05, 0.1) is 9.82 Å².